The Morgan fingerprint density at radius 2 is 2.00 bits per heavy atom. The second-order valence-corrected chi connectivity index (χ2v) is 13.4. The van der Waals surface area contributed by atoms with E-state index >= 15 is 0 Å². The summed E-state index contributed by atoms with van der Waals surface area (Å²) in [7, 11) is 0. The monoisotopic (exact) mass is 579 g/mol. The molecule has 0 aliphatic carbocycles. The van der Waals surface area contributed by atoms with E-state index in [4.69, 9.17) is 0 Å². The number of nitrogens with zero attached hydrogens (tertiary/aromatic N) is 1. The summed E-state index contributed by atoms with van der Waals surface area (Å²) >= 11 is 5.42. The molecule has 1 aromatic rings. The van der Waals surface area contributed by atoms with Gasteiger partial charge in [-0.15, -0.1) is 11.8 Å². The summed E-state index contributed by atoms with van der Waals surface area (Å²) in [5, 5.41) is 16.5. The Morgan fingerprint density at radius 1 is 1.28 bits per heavy atom. The minimum atomic E-state index is -0.778. The van der Waals surface area contributed by atoms with Crippen molar-refractivity contribution < 1.29 is 19.5 Å². The molecule has 3 heterocycles. The maximum atomic E-state index is 14.2. The summed E-state index contributed by atoms with van der Waals surface area (Å²) in [5.74, 6) is -1.64. The number of amides is 3. The number of carbonyl (C=O) groups excluding carboxylic acids is 3. The Morgan fingerprint density at radius 3 is 2.64 bits per heavy atom. The number of aryl methyl sites for hydroxylation is 2. The third kappa shape index (κ3) is 4.39. The van der Waals surface area contributed by atoms with Crippen LogP contribution in [0.4, 0.5) is 5.69 Å². The number of hydrogen-bond donors (Lipinski definition) is 3. The Kier molecular flexibility index (Phi) is 8.12. The Bertz CT molecular complexity index is 1040. The van der Waals surface area contributed by atoms with Gasteiger partial charge in [0.25, 0.3) is 0 Å². The molecule has 3 aliphatic rings. The molecular weight excluding hydrogens is 542 g/mol. The zero-order chi connectivity index (χ0) is 26.4. The largest absolute Gasteiger partial charge is 0.394 e. The van der Waals surface area contributed by atoms with Crippen molar-refractivity contribution in [1.82, 2.24) is 10.2 Å². The topological polar surface area (TPSA) is 98.7 Å². The number of halogens is 1. The second kappa shape index (κ2) is 10.7. The molecule has 3 N–H and O–H groups in total. The molecular formula is C27H38BrN3O4S. The van der Waals surface area contributed by atoms with Crippen molar-refractivity contribution in [1.29, 1.82) is 0 Å². The molecule has 3 fully saturated rings. The van der Waals surface area contributed by atoms with Crippen molar-refractivity contribution in [3.63, 3.8) is 0 Å². The zero-order valence-electron chi connectivity index (χ0n) is 21.7. The van der Waals surface area contributed by atoms with Crippen molar-refractivity contribution in [3.05, 3.63) is 29.3 Å². The van der Waals surface area contributed by atoms with Gasteiger partial charge in [0, 0.05) is 22.3 Å². The molecule has 8 atom stereocenters. The average Bonchev–Trinajstić information content (AvgIpc) is 3.44. The van der Waals surface area contributed by atoms with E-state index in [2.05, 4.69) is 26.6 Å². The van der Waals surface area contributed by atoms with Crippen molar-refractivity contribution in [2.75, 3.05) is 18.5 Å². The van der Waals surface area contributed by atoms with Crippen LogP contribution in [0.2, 0.25) is 0 Å². The number of aliphatic hydroxyl groups is 1. The number of likely N-dealkylation sites (tertiary alicyclic amines) is 1. The van der Waals surface area contributed by atoms with Gasteiger partial charge in [-0.2, -0.15) is 0 Å². The van der Waals surface area contributed by atoms with Crippen LogP contribution in [0, 0.1) is 31.6 Å². The highest BCUT2D eigenvalue weighted by Gasteiger charge is 2.76. The molecule has 3 saturated heterocycles. The fourth-order valence-electron chi connectivity index (χ4n) is 6.28. The number of anilines is 1. The van der Waals surface area contributed by atoms with E-state index in [1.54, 1.807) is 16.7 Å². The van der Waals surface area contributed by atoms with Gasteiger partial charge in [-0.1, -0.05) is 55.3 Å². The SMILES string of the molecule is CCCNC(=O)[C@H]1[C@H]2C(=O)N([C@@H](CO)[C@@H](C)CC)C(C(=O)Nc3cc(C)ccc3C)C23CC(Br)[C@@H]1S3. The van der Waals surface area contributed by atoms with Crippen LogP contribution in [0.15, 0.2) is 18.2 Å². The van der Waals surface area contributed by atoms with E-state index in [9.17, 15) is 19.5 Å². The van der Waals surface area contributed by atoms with Crippen LogP contribution in [0.3, 0.4) is 0 Å². The normalized spacial score (nSPS) is 32.4. The Hall–Kier alpha value is -1.58. The maximum Gasteiger partial charge on any atom is 0.248 e. The molecule has 4 rings (SSSR count). The van der Waals surface area contributed by atoms with E-state index in [1.165, 1.54) is 0 Å². The summed E-state index contributed by atoms with van der Waals surface area (Å²) in [6.45, 7) is 10.3. The number of rotatable bonds is 9. The van der Waals surface area contributed by atoms with Crippen molar-refractivity contribution in [2.45, 2.75) is 80.8 Å². The number of aliphatic hydroxyl groups excluding tert-OH is 1. The van der Waals surface area contributed by atoms with Gasteiger partial charge in [-0.25, -0.2) is 0 Å². The van der Waals surface area contributed by atoms with Gasteiger partial charge in [0.05, 0.1) is 29.2 Å². The molecule has 3 unspecified atom stereocenters. The summed E-state index contributed by atoms with van der Waals surface area (Å²) < 4.78 is -0.729. The minimum Gasteiger partial charge on any atom is -0.394 e. The minimum absolute atomic E-state index is 0.000447. The van der Waals surface area contributed by atoms with Crippen LogP contribution in [0.5, 0.6) is 0 Å². The standard InChI is InChI=1S/C27H38BrN3O4S/c1-6-10-29-24(33)20-21-26(35)31(19(13-32)15(4)7-2)23(27(21)12-17(28)22(20)36-27)25(34)30-18-11-14(3)8-9-16(18)5/h8-9,11,15,17,19-23,32H,6-7,10,12-13H2,1-5H3,(H,29,33)(H,30,34)/t15-,17?,19-,20-,21-,22-,23?,27?/m0/s1. The van der Waals surface area contributed by atoms with Crippen LogP contribution in [0.25, 0.3) is 0 Å². The molecule has 0 radical (unpaired) electrons. The van der Waals surface area contributed by atoms with Gasteiger partial charge in [0.15, 0.2) is 0 Å². The van der Waals surface area contributed by atoms with Gasteiger partial charge in [-0.05, 0) is 49.8 Å². The fourth-order valence-corrected chi connectivity index (χ4v) is 9.88. The Balaban J connectivity index is 1.79. The third-order valence-corrected chi connectivity index (χ3v) is 11.5. The van der Waals surface area contributed by atoms with E-state index in [0.717, 1.165) is 29.7 Å². The van der Waals surface area contributed by atoms with Gasteiger partial charge < -0.3 is 20.6 Å². The highest BCUT2D eigenvalue weighted by Crippen LogP contribution is 2.68. The van der Waals surface area contributed by atoms with E-state index in [0.29, 0.717) is 13.0 Å². The number of fused-ring (bicyclic) bond motifs is 1. The van der Waals surface area contributed by atoms with Crippen molar-refractivity contribution in [2.24, 2.45) is 17.8 Å². The molecule has 3 aliphatic heterocycles. The molecule has 198 valence electrons. The van der Waals surface area contributed by atoms with Crippen LogP contribution in [-0.2, 0) is 14.4 Å². The van der Waals surface area contributed by atoms with E-state index in [-0.39, 0.29) is 40.3 Å². The first kappa shape index (κ1) is 27.5. The number of carbonyl (C=O) groups is 3. The number of nitrogens with one attached hydrogen (secondary N) is 2. The van der Waals surface area contributed by atoms with Gasteiger partial charge in [0.1, 0.15) is 6.04 Å². The molecule has 0 saturated carbocycles. The third-order valence-electron chi connectivity index (χ3n) is 8.32. The molecule has 2 bridgehead atoms. The molecule has 7 nitrogen and oxygen atoms in total. The quantitative estimate of drug-likeness (QED) is 0.388. The summed E-state index contributed by atoms with van der Waals surface area (Å²) in [5.41, 5.74) is 2.70. The second-order valence-electron chi connectivity index (χ2n) is 10.6. The molecule has 9 heteroatoms. The molecule has 1 spiro atoms. The smallest absolute Gasteiger partial charge is 0.248 e. The lowest BCUT2D eigenvalue weighted by Gasteiger charge is -2.39. The highest BCUT2D eigenvalue weighted by atomic mass is 79.9. The van der Waals surface area contributed by atoms with Gasteiger partial charge in [-0.3, -0.25) is 14.4 Å². The lowest BCUT2D eigenvalue weighted by molar-refractivity contribution is -0.143. The average molecular weight is 581 g/mol. The maximum absolute atomic E-state index is 14.2. The van der Waals surface area contributed by atoms with Crippen LogP contribution >= 0.6 is 27.7 Å². The Labute approximate surface area is 226 Å². The van der Waals surface area contributed by atoms with E-state index < -0.39 is 28.7 Å². The fraction of sp³-hybridized carbons (Fsp3) is 0.667. The van der Waals surface area contributed by atoms with Gasteiger partial charge >= 0.3 is 0 Å². The summed E-state index contributed by atoms with van der Waals surface area (Å²) in [4.78, 5) is 43.3. The lowest BCUT2D eigenvalue weighted by Crippen LogP contribution is -2.56. The van der Waals surface area contributed by atoms with Crippen LogP contribution in [-0.4, -0.2) is 67.8 Å². The van der Waals surface area contributed by atoms with Crippen molar-refractivity contribution in [3.8, 4) is 0 Å². The predicted octanol–water partition coefficient (Wildman–Crippen LogP) is 3.64. The number of thioether (sulfide) groups is 1. The van der Waals surface area contributed by atoms with Crippen LogP contribution in [0.1, 0.15) is 51.2 Å². The molecule has 36 heavy (non-hydrogen) atoms. The van der Waals surface area contributed by atoms with Gasteiger partial charge in [0.2, 0.25) is 17.7 Å². The lowest BCUT2D eigenvalue weighted by atomic mass is 9.70. The molecule has 0 aromatic heterocycles. The number of hydrogen-bond acceptors (Lipinski definition) is 5. The molecule has 1 aromatic carbocycles. The van der Waals surface area contributed by atoms with Crippen LogP contribution < -0.4 is 10.6 Å². The number of alkyl halides is 1. The predicted molar refractivity (Wildman–Crippen MR) is 147 cm³/mol. The van der Waals surface area contributed by atoms with E-state index in [1.807, 2.05) is 52.8 Å². The summed E-state index contributed by atoms with van der Waals surface area (Å²) in [6.07, 6.45) is 2.19. The van der Waals surface area contributed by atoms with Crippen molar-refractivity contribution >= 4 is 51.1 Å². The first-order valence-electron chi connectivity index (χ1n) is 13.0. The summed E-state index contributed by atoms with van der Waals surface area (Å²) in [6, 6.07) is 4.64. The number of benzene rings is 1. The first-order chi connectivity index (χ1) is 17.1. The highest BCUT2D eigenvalue weighted by molar-refractivity contribution is 9.09. The first-order valence-corrected chi connectivity index (χ1v) is 14.8. The molecule has 3 amide bonds. The zero-order valence-corrected chi connectivity index (χ0v) is 24.1.